The molecular weight excluding hydrogens is 238 g/mol. The number of allylic oxidation sites excluding steroid dienone is 2. The lowest BCUT2D eigenvalue weighted by molar-refractivity contribution is 0.0603. The summed E-state index contributed by atoms with van der Waals surface area (Å²) in [6.45, 7) is 6.20. The highest BCUT2D eigenvalue weighted by molar-refractivity contribution is 6.07. The average molecular weight is 253 g/mol. The molecule has 3 rings (SSSR count). The van der Waals surface area contributed by atoms with Crippen LogP contribution >= 0.6 is 0 Å². The van der Waals surface area contributed by atoms with E-state index in [4.69, 9.17) is 4.74 Å². The maximum absolute atomic E-state index is 11.8. The van der Waals surface area contributed by atoms with E-state index in [9.17, 15) is 4.79 Å². The molecule has 3 nitrogen and oxygen atoms in total. The number of hydrogen-bond donors (Lipinski definition) is 1. The first kappa shape index (κ1) is 11.8. The lowest BCUT2D eigenvalue weighted by atomic mass is 9.93. The van der Waals surface area contributed by atoms with E-state index in [-0.39, 0.29) is 5.97 Å². The van der Waals surface area contributed by atoms with Crippen LogP contribution in [0.15, 0.2) is 30.4 Å². The first-order valence-electron chi connectivity index (χ1n) is 6.20. The molecule has 0 spiro atoms. The van der Waals surface area contributed by atoms with Gasteiger partial charge in [0.1, 0.15) is 0 Å². The SMILES string of the molecule is C=C1CC(C)=Cc2c1[nH]c1c(C(=O)OC)cccc21. The number of nitrogens with one attached hydrogen (secondary N) is 1. The monoisotopic (exact) mass is 253 g/mol. The standard InChI is InChI=1S/C16H15NO2/c1-9-7-10(2)14-13(8-9)11-5-4-6-12(15(11)17-14)16(18)19-3/h4-6,8,17H,2,7H2,1,3H3. The van der Waals surface area contributed by atoms with Crippen LogP contribution in [0.1, 0.15) is 35.0 Å². The van der Waals surface area contributed by atoms with Gasteiger partial charge in [0.2, 0.25) is 0 Å². The van der Waals surface area contributed by atoms with E-state index in [1.807, 2.05) is 12.1 Å². The summed E-state index contributed by atoms with van der Waals surface area (Å²) in [6, 6.07) is 5.66. The number of hydrogen-bond acceptors (Lipinski definition) is 2. The zero-order chi connectivity index (χ0) is 13.6. The van der Waals surface area contributed by atoms with Crippen molar-refractivity contribution in [2.45, 2.75) is 13.3 Å². The van der Waals surface area contributed by atoms with Crippen LogP contribution in [0.25, 0.3) is 22.6 Å². The second kappa shape index (κ2) is 4.12. The van der Waals surface area contributed by atoms with Gasteiger partial charge in [-0.15, -0.1) is 0 Å². The number of esters is 1. The third kappa shape index (κ3) is 1.70. The molecule has 1 N–H and O–H groups in total. The number of ether oxygens (including phenoxy) is 1. The first-order chi connectivity index (χ1) is 9.11. The van der Waals surface area contributed by atoms with Crippen LogP contribution in [0.4, 0.5) is 0 Å². The molecule has 1 aromatic heterocycles. The summed E-state index contributed by atoms with van der Waals surface area (Å²) < 4.78 is 4.83. The number of rotatable bonds is 1. The molecule has 1 aliphatic rings. The summed E-state index contributed by atoms with van der Waals surface area (Å²) in [4.78, 5) is 15.1. The van der Waals surface area contributed by atoms with Crippen molar-refractivity contribution < 1.29 is 9.53 Å². The highest BCUT2D eigenvalue weighted by Crippen LogP contribution is 2.36. The molecule has 0 saturated heterocycles. The number of aromatic amines is 1. The van der Waals surface area contributed by atoms with Crippen molar-refractivity contribution in [2.75, 3.05) is 7.11 Å². The molecule has 0 aliphatic heterocycles. The maximum Gasteiger partial charge on any atom is 0.339 e. The molecule has 0 atom stereocenters. The fourth-order valence-corrected chi connectivity index (χ4v) is 2.67. The van der Waals surface area contributed by atoms with Crippen LogP contribution in [-0.4, -0.2) is 18.1 Å². The van der Waals surface area contributed by atoms with Gasteiger partial charge in [0.05, 0.1) is 18.2 Å². The second-order valence-electron chi connectivity index (χ2n) is 4.90. The molecule has 1 aromatic carbocycles. The van der Waals surface area contributed by atoms with E-state index in [0.29, 0.717) is 5.56 Å². The van der Waals surface area contributed by atoms with Crippen molar-refractivity contribution in [3.63, 3.8) is 0 Å². The van der Waals surface area contributed by atoms with Gasteiger partial charge in [0.15, 0.2) is 0 Å². The van der Waals surface area contributed by atoms with E-state index < -0.39 is 0 Å². The molecule has 1 heterocycles. The molecule has 0 unspecified atom stereocenters. The minimum Gasteiger partial charge on any atom is -0.465 e. The number of benzene rings is 1. The molecular formula is C16H15NO2. The molecule has 3 heteroatoms. The van der Waals surface area contributed by atoms with Crippen LogP contribution in [0.3, 0.4) is 0 Å². The van der Waals surface area contributed by atoms with E-state index in [1.54, 1.807) is 6.07 Å². The predicted octanol–water partition coefficient (Wildman–Crippen LogP) is 3.77. The van der Waals surface area contributed by atoms with E-state index >= 15 is 0 Å². The van der Waals surface area contributed by atoms with Gasteiger partial charge in [-0.3, -0.25) is 0 Å². The summed E-state index contributed by atoms with van der Waals surface area (Å²) in [7, 11) is 1.40. The Kier molecular flexibility index (Phi) is 2.56. The van der Waals surface area contributed by atoms with Crippen LogP contribution in [0.2, 0.25) is 0 Å². The summed E-state index contributed by atoms with van der Waals surface area (Å²) in [5.74, 6) is -0.324. The van der Waals surface area contributed by atoms with Crippen molar-refractivity contribution in [3.05, 3.63) is 47.2 Å². The summed E-state index contributed by atoms with van der Waals surface area (Å²) in [5.41, 5.74) is 5.87. The van der Waals surface area contributed by atoms with Gasteiger partial charge in [-0.25, -0.2) is 4.79 Å². The van der Waals surface area contributed by atoms with Gasteiger partial charge in [0, 0.05) is 16.6 Å². The summed E-state index contributed by atoms with van der Waals surface area (Å²) in [6.07, 6.45) is 3.03. The zero-order valence-electron chi connectivity index (χ0n) is 11.0. The van der Waals surface area contributed by atoms with E-state index in [0.717, 1.165) is 34.2 Å². The summed E-state index contributed by atoms with van der Waals surface area (Å²) >= 11 is 0. The Morgan fingerprint density at radius 1 is 1.42 bits per heavy atom. The molecule has 96 valence electrons. The number of aromatic nitrogens is 1. The Morgan fingerprint density at radius 3 is 2.95 bits per heavy atom. The van der Waals surface area contributed by atoms with Crippen molar-refractivity contribution in [3.8, 4) is 0 Å². The number of fused-ring (bicyclic) bond motifs is 3. The Balaban J connectivity index is 2.35. The minimum atomic E-state index is -0.324. The quantitative estimate of drug-likeness (QED) is 0.786. The second-order valence-corrected chi connectivity index (χ2v) is 4.90. The molecule has 19 heavy (non-hydrogen) atoms. The van der Waals surface area contributed by atoms with Crippen molar-refractivity contribution >= 4 is 28.5 Å². The Bertz CT molecular complexity index is 735. The highest BCUT2D eigenvalue weighted by Gasteiger charge is 2.20. The third-order valence-corrected chi connectivity index (χ3v) is 3.52. The average Bonchev–Trinajstić information content (AvgIpc) is 2.77. The number of H-pyrrole nitrogens is 1. The van der Waals surface area contributed by atoms with Gasteiger partial charge in [-0.2, -0.15) is 0 Å². The van der Waals surface area contributed by atoms with Gasteiger partial charge < -0.3 is 9.72 Å². The van der Waals surface area contributed by atoms with Crippen molar-refractivity contribution in [1.29, 1.82) is 0 Å². The fraction of sp³-hybridized carbons (Fsp3) is 0.188. The van der Waals surface area contributed by atoms with Gasteiger partial charge in [0.25, 0.3) is 0 Å². The zero-order valence-corrected chi connectivity index (χ0v) is 11.0. The van der Waals surface area contributed by atoms with Crippen LogP contribution in [0, 0.1) is 0 Å². The lowest BCUT2D eigenvalue weighted by Gasteiger charge is -2.12. The largest absolute Gasteiger partial charge is 0.465 e. The lowest BCUT2D eigenvalue weighted by Crippen LogP contribution is -2.01. The molecule has 1 aliphatic carbocycles. The molecule has 0 saturated carbocycles. The Morgan fingerprint density at radius 2 is 2.21 bits per heavy atom. The maximum atomic E-state index is 11.8. The van der Waals surface area contributed by atoms with E-state index in [1.165, 1.54) is 12.7 Å². The Hall–Kier alpha value is -2.29. The number of para-hydroxylation sites is 1. The number of methoxy groups -OCH3 is 1. The van der Waals surface area contributed by atoms with Crippen LogP contribution < -0.4 is 0 Å². The Labute approximate surface area is 111 Å². The first-order valence-corrected chi connectivity index (χ1v) is 6.20. The van der Waals surface area contributed by atoms with Gasteiger partial charge in [-0.05, 0) is 25.0 Å². The normalized spacial score (nSPS) is 14.2. The van der Waals surface area contributed by atoms with Crippen LogP contribution in [-0.2, 0) is 4.74 Å². The smallest absolute Gasteiger partial charge is 0.339 e. The van der Waals surface area contributed by atoms with Crippen molar-refractivity contribution in [2.24, 2.45) is 0 Å². The van der Waals surface area contributed by atoms with Gasteiger partial charge in [-0.1, -0.05) is 30.4 Å². The molecule has 0 radical (unpaired) electrons. The van der Waals surface area contributed by atoms with Gasteiger partial charge >= 0.3 is 5.97 Å². The molecule has 0 amide bonds. The van der Waals surface area contributed by atoms with E-state index in [2.05, 4.69) is 24.6 Å². The molecule has 2 aromatic rings. The fourth-order valence-electron chi connectivity index (χ4n) is 2.67. The topological polar surface area (TPSA) is 42.1 Å². The number of carbonyl (C=O) groups is 1. The third-order valence-electron chi connectivity index (χ3n) is 3.52. The molecule has 0 bridgehead atoms. The highest BCUT2D eigenvalue weighted by atomic mass is 16.5. The van der Waals surface area contributed by atoms with Crippen molar-refractivity contribution in [1.82, 2.24) is 4.98 Å². The molecule has 0 fully saturated rings. The summed E-state index contributed by atoms with van der Waals surface area (Å²) in [5, 5.41) is 1.04. The predicted molar refractivity (Wildman–Crippen MR) is 76.9 cm³/mol. The minimum absolute atomic E-state index is 0.324. The van der Waals surface area contributed by atoms with Crippen LogP contribution in [0.5, 0.6) is 0 Å². The number of carbonyl (C=O) groups excluding carboxylic acids is 1.